The van der Waals surface area contributed by atoms with Crippen molar-refractivity contribution in [2.75, 3.05) is 0 Å². The summed E-state index contributed by atoms with van der Waals surface area (Å²) in [6, 6.07) is 16.8. The molecule has 2 heterocycles. The van der Waals surface area contributed by atoms with E-state index in [-0.39, 0.29) is 40.1 Å². The van der Waals surface area contributed by atoms with Crippen LogP contribution in [0.5, 0.6) is 0 Å². The van der Waals surface area contributed by atoms with Gasteiger partial charge in [-0.25, -0.2) is 0 Å². The monoisotopic (exact) mass is 351 g/mol. The molecule has 1 radical (unpaired) electrons. The van der Waals surface area contributed by atoms with Crippen LogP contribution in [0.2, 0.25) is 0 Å². The minimum absolute atomic E-state index is 0. The van der Waals surface area contributed by atoms with Crippen molar-refractivity contribution in [3.63, 3.8) is 0 Å². The number of aromatic amines is 2. The van der Waals surface area contributed by atoms with Gasteiger partial charge in [0, 0.05) is 49.0 Å². The van der Waals surface area contributed by atoms with E-state index in [4.69, 9.17) is 0 Å². The molecular formula is C17H16N3Y-. The molecule has 0 aliphatic carbocycles. The van der Waals surface area contributed by atoms with Crippen LogP contribution in [0.15, 0.2) is 48.5 Å². The number of aromatic nitrogens is 3. The van der Waals surface area contributed by atoms with Gasteiger partial charge >= 0.3 is 0 Å². The molecule has 21 heavy (non-hydrogen) atoms. The Morgan fingerprint density at radius 3 is 2.57 bits per heavy atom. The van der Waals surface area contributed by atoms with Crippen molar-refractivity contribution in [1.82, 2.24) is 15.2 Å². The van der Waals surface area contributed by atoms with Crippen LogP contribution in [0.1, 0.15) is 5.56 Å². The second kappa shape index (κ2) is 6.12. The molecule has 2 aromatic carbocycles. The first kappa shape index (κ1) is 15.9. The summed E-state index contributed by atoms with van der Waals surface area (Å²) >= 11 is 0. The van der Waals surface area contributed by atoms with E-state index in [1.165, 1.54) is 10.9 Å². The number of para-hydroxylation sites is 1. The third kappa shape index (κ3) is 2.68. The summed E-state index contributed by atoms with van der Waals surface area (Å²) < 4.78 is 0. The maximum Gasteiger partial charge on any atom is 0.116 e. The SMILES string of the molecule is Cc1ccc2c(-c3cc4ccccc4[nH]3)n[nH]c2c1.[CH3-].[Y]. The fraction of sp³-hybridized carbons (Fsp3) is 0.0588. The van der Waals surface area contributed by atoms with E-state index < -0.39 is 0 Å². The first-order valence-corrected chi connectivity index (χ1v) is 6.34. The van der Waals surface area contributed by atoms with Crippen LogP contribution < -0.4 is 0 Å². The zero-order valence-electron chi connectivity index (χ0n) is 12.1. The van der Waals surface area contributed by atoms with Crippen LogP contribution in [-0.4, -0.2) is 15.2 Å². The Kier molecular flexibility index (Phi) is 4.65. The minimum Gasteiger partial charge on any atom is -0.358 e. The van der Waals surface area contributed by atoms with Crippen LogP contribution in [0.4, 0.5) is 0 Å². The molecular weight excluding hydrogens is 335 g/mol. The van der Waals surface area contributed by atoms with Crippen molar-refractivity contribution in [2.45, 2.75) is 6.92 Å². The topological polar surface area (TPSA) is 44.5 Å². The van der Waals surface area contributed by atoms with E-state index >= 15 is 0 Å². The third-order valence-electron chi connectivity index (χ3n) is 3.50. The standard InChI is InChI=1S/C16H13N3.CH3.Y/c1-10-6-7-12-14(8-10)18-19-16(12)15-9-11-4-2-3-5-13(11)17-15;;/h2-9,17H,1H3,(H,18,19);1H3;/q;-1;. The van der Waals surface area contributed by atoms with Crippen molar-refractivity contribution < 1.29 is 32.7 Å². The van der Waals surface area contributed by atoms with E-state index in [2.05, 4.69) is 58.5 Å². The number of benzene rings is 2. The number of hydrogen-bond acceptors (Lipinski definition) is 1. The fourth-order valence-electron chi connectivity index (χ4n) is 2.54. The Morgan fingerprint density at radius 2 is 1.76 bits per heavy atom. The third-order valence-corrected chi connectivity index (χ3v) is 3.50. The summed E-state index contributed by atoms with van der Waals surface area (Å²) in [5.41, 5.74) is 5.48. The number of nitrogens with one attached hydrogen (secondary N) is 2. The van der Waals surface area contributed by atoms with Crippen LogP contribution in [0.3, 0.4) is 0 Å². The van der Waals surface area contributed by atoms with Crippen LogP contribution in [-0.2, 0) is 32.7 Å². The molecule has 103 valence electrons. The van der Waals surface area contributed by atoms with E-state index in [1.54, 1.807) is 0 Å². The number of rotatable bonds is 1. The molecule has 0 bridgehead atoms. The number of aryl methyl sites for hydroxylation is 1. The Hall–Kier alpha value is -1.45. The Bertz CT molecular complexity index is 856. The van der Waals surface area contributed by atoms with Gasteiger partial charge in [-0.1, -0.05) is 30.3 Å². The van der Waals surface area contributed by atoms with Crippen molar-refractivity contribution in [1.29, 1.82) is 0 Å². The van der Waals surface area contributed by atoms with Crippen LogP contribution in [0, 0.1) is 14.4 Å². The summed E-state index contributed by atoms with van der Waals surface area (Å²) in [5, 5.41) is 9.91. The normalized spacial score (nSPS) is 10.3. The van der Waals surface area contributed by atoms with Crippen molar-refractivity contribution in [2.24, 2.45) is 0 Å². The number of nitrogens with zero attached hydrogens (tertiary/aromatic N) is 1. The average molecular weight is 351 g/mol. The van der Waals surface area contributed by atoms with Gasteiger partial charge in [-0.3, -0.25) is 5.10 Å². The molecule has 0 aliphatic heterocycles. The number of fused-ring (bicyclic) bond motifs is 2. The molecule has 4 aromatic rings. The van der Waals surface area contributed by atoms with Gasteiger partial charge in [0.15, 0.2) is 0 Å². The van der Waals surface area contributed by atoms with E-state index in [0.717, 1.165) is 27.8 Å². The van der Waals surface area contributed by atoms with Gasteiger partial charge in [0.1, 0.15) is 5.69 Å². The van der Waals surface area contributed by atoms with Gasteiger partial charge in [-0.05, 0) is 30.7 Å². The molecule has 4 heteroatoms. The van der Waals surface area contributed by atoms with E-state index in [0.29, 0.717) is 0 Å². The van der Waals surface area contributed by atoms with Crippen molar-refractivity contribution >= 4 is 21.8 Å². The van der Waals surface area contributed by atoms with Gasteiger partial charge in [0.2, 0.25) is 0 Å². The van der Waals surface area contributed by atoms with Gasteiger partial charge in [0.05, 0.1) is 11.2 Å². The summed E-state index contributed by atoms with van der Waals surface area (Å²) in [7, 11) is 0. The zero-order chi connectivity index (χ0) is 12.8. The predicted octanol–water partition coefficient (Wildman–Crippen LogP) is 4.47. The Balaban J connectivity index is 0.000000807. The number of H-pyrrole nitrogens is 2. The first-order valence-electron chi connectivity index (χ1n) is 6.34. The molecule has 0 amide bonds. The van der Waals surface area contributed by atoms with E-state index in [1.807, 2.05) is 12.1 Å². The maximum atomic E-state index is 4.45. The maximum absolute atomic E-state index is 4.45. The minimum atomic E-state index is 0. The quantitative estimate of drug-likeness (QED) is 0.489. The molecule has 0 atom stereocenters. The second-order valence-electron chi connectivity index (χ2n) is 4.89. The smallest absolute Gasteiger partial charge is 0.116 e. The van der Waals surface area contributed by atoms with Gasteiger partial charge in [-0.2, -0.15) is 5.10 Å². The van der Waals surface area contributed by atoms with Gasteiger partial charge < -0.3 is 12.4 Å². The summed E-state index contributed by atoms with van der Waals surface area (Å²) in [6.45, 7) is 2.09. The molecule has 3 nitrogen and oxygen atoms in total. The molecule has 0 unspecified atom stereocenters. The molecule has 0 saturated carbocycles. The molecule has 2 aromatic heterocycles. The summed E-state index contributed by atoms with van der Waals surface area (Å²) in [5.74, 6) is 0. The summed E-state index contributed by atoms with van der Waals surface area (Å²) in [4.78, 5) is 3.42. The molecule has 0 spiro atoms. The van der Waals surface area contributed by atoms with Gasteiger partial charge in [0.25, 0.3) is 0 Å². The molecule has 0 aliphatic rings. The molecule has 0 fully saturated rings. The molecule has 0 saturated heterocycles. The molecule has 4 rings (SSSR count). The predicted molar refractivity (Wildman–Crippen MR) is 84.5 cm³/mol. The first-order chi connectivity index (χ1) is 9.31. The van der Waals surface area contributed by atoms with Crippen LogP contribution >= 0.6 is 0 Å². The molecule has 2 N–H and O–H groups in total. The average Bonchev–Trinajstić information content (AvgIpc) is 3.00. The fourth-order valence-corrected chi connectivity index (χ4v) is 2.54. The van der Waals surface area contributed by atoms with Crippen molar-refractivity contribution in [3.8, 4) is 11.4 Å². The van der Waals surface area contributed by atoms with Gasteiger partial charge in [-0.15, -0.1) is 0 Å². The van der Waals surface area contributed by atoms with Crippen LogP contribution in [0.25, 0.3) is 33.2 Å². The zero-order valence-corrected chi connectivity index (χ0v) is 15.0. The summed E-state index contributed by atoms with van der Waals surface area (Å²) in [6.07, 6.45) is 0. The Morgan fingerprint density at radius 1 is 0.952 bits per heavy atom. The van der Waals surface area contributed by atoms with Crippen molar-refractivity contribution in [3.05, 3.63) is 61.5 Å². The Labute approximate surface area is 149 Å². The largest absolute Gasteiger partial charge is 0.358 e. The second-order valence-corrected chi connectivity index (χ2v) is 4.89. The van der Waals surface area contributed by atoms with E-state index in [9.17, 15) is 0 Å². The number of hydrogen-bond donors (Lipinski definition) is 2.